The molecule has 0 amide bonds. The maximum absolute atomic E-state index is 11.8. The Bertz CT molecular complexity index is 445. The molecule has 0 aromatic carbocycles. The molecule has 0 radical (unpaired) electrons. The van der Waals surface area contributed by atoms with E-state index in [1.807, 2.05) is 12.1 Å². The smallest absolute Gasteiger partial charge is 0.228 e. The standard InChI is InChI=1S/C10H13ClN2O2S/c11-8-16(14,15)13(10-4-5-10)7-9-3-1-2-6-12-9/h1-3,6,10H,4-5,7-8H2. The Labute approximate surface area is 100 Å². The molecule has 0 atom stereocenters. The van der Waals surface area contributed by atoms with Crippen LogP contribution >= 0.6 is 11.6 Å². The molecule has 1 saturated carbocycles. The van der Waals surface area contributed by atoms with Crippen molar-refractivity contribution in [3.05, 3.63) is 30.1 Å². The highest BCUT2D eigenvalue weighted by Crippen LogP contribution is 2.30. The van der Waals surface area contributed by atoms with Crippen molar-refractivity contribution in [2.45, 2.75) is 25.4 Å². The largest absolute Gasteiger partial charge is 0.260 e. The van der Waals surface area contributed by atoms with Crippen LogP contribution in [0.3, 0.4) is 0 Å². The fourth-order valence-corrected chi connectivity index (χ4v) is 3.03. The monoisotopic (exact) mass is 260 g/mol. The molecule has 0 bridgehead atoms. The van der Waals surface area contributed by atoms with Gasteiger partial charge in [-0.25, -0.2) is 8.42 Å². The minimum atomic E-state index is -3.34. The lowest BCUT2D eigenvalue weighted by Crippen LogP contribution is -2.33. The Balaban J connectivity index is 2.16. The summed E-state index contributed by atoms with van der Waals surface area (Å²) in [6.45, 7) is 0.320. The summed E-state index contributed by atoms with van der Waals surface area (Å²) in [6.07, 6.45) is 3.50. The maximum atomic E-state index is 11.8. The predicted octanol–water partition coefficient (Wildman–Crippen LogP) is 1.57. The minimum Gasteiger partial charge on any atom is -0.260 e. The molecule has 88 valence electrons. The molecule has 2 rings (SSSR count). The summed E-state index contributed by atoms with van der Waals surface area (Å²) in [6, 6.07) is 5.59. The van der Waals surface area contributed by atoms with Gasteiger partial charge in [0.05, 0.1) is 12.2 Å². The summed E-state index contributed by atoms with van der Waals surface area (Å²) < 4.78 is 25.0. The number of halogens is 1. The second kappa shape index (κ2) is 4.69. The molecule has 6 heteroatoms. The molecule has 1 aliphatic carbocycles. The van der Waals surface area contributed by atoms with E-state index in [-0.39, 0.29) is 11.3 Å². The predicted molar refractivity (Wildman–Crippen MR) is 62.4 cm³/mol. The van der Waals surface area contributed by atoms with Crippen LogP contribution in [-0.4, -0.2) is 29.0 Å². The highest BCUT2D eigenvalue weighted by molar-refractivity contribution is 7.90. The molecule has 1 heterocycles. The molecule has 16 heavy (non-hydrogen) atoms. The van der Waals surface area contributed by atoms with E-state index in [0.717, 1.165) is 18.5 Å². The Hall–Kier alpha value is -0.650. The van der Waals surface area contributed by atoms with Gasteiger partial charge in [-0.3, -0.25) is 4.98 Å². The number of aromatic nitrogens is 1. The summed E-state index contributed by atoms with van der Waals surface area (Å²) in [5.41, 5.74) is 0.753. The van der Waals surface area contributed by atoms with E-state index in [4.69, 9.17) is 11.6 Å². The fraction of sp³-hybridized carbons (Fsp3) is 0.500. The van der Waals surface area contributed by atoms with Gasteiger partial charge in [-0.05, 0) is 25.0 Å². The van der Waals surface area contributed by atoms with Gasteiger partial charge in [0.25, 0.3) is 0 Å². The third kappa shape index (κ3) is 2.72. The van der Waals surface area contributed by atoms with E-state index >= 15 is 0 Å². The van der Waals surface area contributed by atoms with Crippen LogP contribution in [0, 0.1) is 0 Å². The van der Waals surface area contributed by atoms with E-state index in [0.29, 0.717) is 6.54 Å². The number of pyridine rings is 1. The van der Waals surface area contributed by atoms with Crippen molar-refractivity contribution < 1.29 is 8.42 Å². The van der Waals surface area contributed by atoms with Crippen molar-refractivity contribution in [2.75, 3.05) is 5.21 Å². The molecule has 0 saturated heterocycles. The van der Waals surface area contributed by atoms with Crippen LogP contribution in [0.5, 0.6) is 0 Å². The summed E-state index contributed by atoms with van der Waals surface area (Å²) in [5.74, 6) is 0. The first kappa shape index (κ1) is 11.8. The topological polar surface area (TPSA) is 50.3 Å². The Kier molecular flexibility index (Phi) is 3.47. The summed E-state index contributed by atoms with van der Waals surface area (Å²) in [5, 5.41) is -0.365. The Morgan fingerprint density at radius 1 is 1.44 bits per heavy atom. The first-order chi connectivity index (χ1) is 7.63. The van der Waals surface area contributed by atoms with Crippen LogP contribution < -0.4 is 0 Å². The average molecular weight is 261 g/mol. The zero-order valence-corrected chi connectivity index (χ0v) is 10.3. The molecule has 1 aromatic rings. The average Bonchev–Trinajstić information content (AvgIpc) is 3.11. The summed E-state index contributed by atoms with van der Waals surface area (Å²) >= 11 is 5.48. The van der Waals surface area contributed by atoms with Crippen LogP contribution in [-0.2, 0) is 16.6 Å². The molecule has 0 unspecified atom stereocenters. The molecule has 1 aliphatic rings. The molecule has 0 aliphatic heterocycles. The van der Waals surface area contributed by atoms with Crippen LogP contribution in [0.25, 0.3) is 0 Å². The first-order valence-electron chi connectivity index (χ1n) is 5.09. The molecule has 0 spiro atoms. The highest BCUT2D eigenvalue weighted by Gasteiger charge is 2.36. The van der Waals surface area contributed by atoms with Gasteiger partial charge < -0.3 is 0 Å². The number of hydrogen-bond donors (Lipinski definition) is 0. The lowest BCUT2D eigenvalue weighted by atomic mass is 10.3. The van der Waals surface area contributed by atoms with E-state index in [1.54, 1.807) is 12.3 Å². The third-order valence-corrected chi connectivity index (χ3v) is 4.74. The SMILES string of the molecule is O=S(=O)(CCl)N(Cc1ccccn1)C1CC1. The zero-order valence-electron chi connectivity index (χ0n) is 8.71. The number of hydrogen-bond acceptors (Lipinski definition) is 3. The van der Waals surface area contributed by atoms with Gasteiger partial charge in [-0.1, -0.05) is 6.07 Å². The highest BCUT2D eigenvalue weighted by atomic mass is 35.5. The van der Waals surface area contributed by atoms with Gasteiger partial charge in [-0.15, -0.1) is 11.6 Å². The molecule has 4 nitrogen and oxygen atoms in total. The Morgan fingerprint density at radius 2 is 2.19 bits per heavy atom. The molecule has 0 N–H and O–H groups in total. The minimum absolute atomic E-state index is 0.116. The lowest BCUT2D eigenvalue weighted by molar-refractivity contribution is 0.397. The molecular weight excluding hydrogens is 248 g/mol. The maximum Gasteiger partial charge on any atom is 0.228 e. The van der Waals surface area contributed by atoms with Crippen LogP contribution in [0.4, 0.5) is 0 Å². The van der Waals surface area contributed by atoms with Gasteiger partial charge in [-0.2, -0.15) is 4.31 Å². The van der Waals surface area contributed by atoms with Gasteiger partial charge in [0.15, 0.2) is 0 Å². The van der Waals surface area contributed by atoms with Gasteiger partial charge in [0.1, 0.15) is 5.21 Å². The van der Waals surface area contributed by atoms with Crippen molar-refractivity contribution in [2.24, 2.45) is 0 Å². The van der Waals surface area contributed by atoms with Crippen molar-refractivity contribution in [1.29, 1.82) is 0 Å². The third-order valence-electron chi connectivity index (χ3n) is 2.49. The number of rotatable bonds is 5. The first-order valence-corrected chi connectivity index (χ1v) is 7.23. The summed E-state index contributed by atoms with van der Waals surface area (Å²) in [7, 11) is -3.34. The van der Waals surface area contributed by atoms with Crippen LogP contribution in [0.15, 0.2) is 24.4 Å². The van der Waals surface area contributed by atoms with Crippen LogP contribution in [0.2, 0.25) is 0 Å². The normalized spacial score (nSPS) is 16.6. The van der Waals surface area contributed by atoms with Crippen molar-refractivity contribution in [3.8, 4) is 0 Å². The van der Waals surface area contributed by atoms with E-state index in [2.05, 4.69) is 4.98 Å². The number of sulfonamides is 1. The van der Waals surface area contributed by atoms with E-state index in [9.17, 15) is 8.42 Å². The fourth-order valence-electron chi connectivity index (χ4n) is 1.53. The van der Waals surface area contributed by atoms with Crippen LogP contribution in [0.1, 0.15) is 18.5 Å². The number of nitrogens with zero attached hydrogens (tertiary/aromatic N) is 2. The van der Waals surface area contributed by atoms with Gasteiger partial charge >= 0.3 is 0 Å². The summed E-state index contributed by atoms with van der Waals surface area (Å²) in [4.78, 5) is 4.13. The van der Waals surface area contributed by atoms with E-state index in [1.165, 1.54) is 4.31 Å². The molecular formula is C10H13ClN2O2S. The second-order valence-electron chi connectivity index (χ2n) is 3.82. The number of alkyl halides is 1. The van der Waals surface area contributed by atoms with Gasteiger partial charge in [0, 0.05) is 12.2 Å². The van der Waals surface area contributed by atoms with E-state index < -0.39 is 10.0 Å². The van der Waals surface area contributed by atoms with Crippen molar-refractivity contribution in [3.63, 3.8) is 0 Å². The Morgan fingerprint density at radius 3 is 2.69 bits per heavy atom. The van der Waals surface area contributed by atoms with Crippen molar-refractivity contribution in [1.82, 2.24) is 9.29 Å². The van der Waals surface area contributed by atoms with Gasteiger partial charge in [0.2, 0.25) is 10.0 Å². The zero-order chi connectivity index (χ0) is 11.6. The quantitative estimate of drug-likeness (QED) is 0.755. The van der Waals surface area contributed by atoms with Crippen molar-refractivity contribution >= 4 is 21.6 Å². The molecule has 1 aromatic heterocycles. The second-order valence-corrected chi connectivity index (χ2v) is 6.32. The molecule has 1 fully saturated rings. The lowest BCUT2D eigenvalue weighted by Gasteiger charge is -2.19.